The van der Waals surface area contributed by atoms with E-state index in [0.29, 0.717) is 5.92 Å². The number of aliphatic hydroxyl groups is 1. The van der Waals surface area contributed by atoms with Gasteiger partial charge in [-0.15, -0.1) is 0 Å². The Morgan fingerprint density at radius 3 is 2.91 bits per heavy atom. The van der Waals surface area contributed by atoms with Gasteiger partial charge < -0.3 is 15.3 Å². The van der Waals surface area contributed by atoms with Crippen molar-refractivity contribution in [3.05, 3.63) is 70.7 Å². The van der Waals surface area contributed by atoms with E-state index in [9.17, 15) is 5.11 Å². The molecule has 0 radical (unpaired) electrons. The molecule has 0 saturated carbocycles. The van der Waals surface area contributed by atoms with Gasteiger partial charge in [0.05, 0.1) is 11.4 Å². The average molecular weight is 474 g/mol. The first kappa shape index (κ1) is 24.0. The fourth-order valence-electron chi connectivity index (χ4n) is 5.81. The van der Waals surface area contributed by atoms with E-state index in [0.717, 1.165) is 74.3 Å². The molecule has 2 N–H and O–H groups in total. The van der Waals surface area contributed by atoms with Crippen LogP contribution in [0.4, 0.5) is 5.82 Å². The number of nitrogens with one attached hydrogen (secondary N) is 1. The third kappa shape index (κ3) is 5.76. The van der Waals surface area contributed by atoms with Crippen LogP contribution in [-0.4, -0.2) is 57.6 Å². The standard InChI is InChI=1S/C29H39N5O/c1-21-17-22(2)34(32-21)28-7-3-5-25(18-28)26(13-16-35)20-33-15-12-23(19-33)8-10-27-11-9-24-6-4-14-30-29(24)31-27/h3,5,7,9,11,17-18,23,26,35H,4,6,8,10,12-16,19-20H2,1-2H3,(H,30,31)/t23-,26-/m1/s1. The molecular formula is C29H39N5O. The number of anilines is 1. The third-order valence-electron chi connectivity index (χ3n) is 7.68. The van der Waals surface area contributed by atoms with Crippen molar-refractivity contribution >= 4 is 5.82 Å². The van der Waals surface area contributed by atoms with Gasteiger partial charge in [-0.25, -0.2) is 9.67 Å². The minimum atomic E-state index is 0.212. The van der Waals surface area contributed by atoms with Crippen LogP contribution in [0.3, 0.4) is 0 Å². The molecule has 0 spiro atoms. The number of fused-ring (bicyclic) bond motifs is 1. The van der Waals surface area contributed by atoms with Gasteiger partial charge in [0.2, 0.25) is 0 Å². The zero-order valence-corrected chi connectivity index (χ0v) is 21.2. The summed E-state index contributed by atoms with van der Waals surface area (Å²) in [5, 5.41) is 17.9. The van der Waals surface area contributed by atoms with Crippen molar-refractivity contribution in [1.82, 2.24) is 19.7 Å². The number of pyridine rings is 1. The molecule has 0 amide bonds. The lowest BCUT2D eigenvalue weighted by Gasteiger charge is -2.24. The molecule has 3 aromatic rings. The number of benzene rings is 1. The lowest BCUT2D eigenvalue weighted by molar-refractivity contribution is 0.242. The molecule has 186 valence electrons. The quantitative estimate of drug-likeness (QED) is 0.473. The van der Waals surface area contributed by atoms with Crippen molar-refractivity contribution in [2.24, 2.45) is 5.92 Å². The second-order valence-electron chi connectivity index (χ2n) is 10.4. The van der Waals surface area contributed by atoms with Gasteiger partial charge in [0, 0.05) is 37.6 Å². The van der Waals surface area contributed by atoms with E-state index in [4.69, 9.17) is 4.98 Å². The van der Waals surface area contributed by atoms with E-state index >= 15 is 0 Å². The first-order chi connectivity index (χ1) is 17.1. The molecule has 1 saturated heterocycles. The van der Waals surface area contributed by atoms with Gasteiger partial charge in [-0.2, -0.15) is 5.10 Å². The van der Waals surface area contributed by atoms with Crippen LogP contribution in [0.2, 0.25) is 0 Å². The van der Waals surface area contributed by atoms with Gasteiger partial charge >= 0.3 is 0 Å². The molecule has 4 heterocycles. The SMILES string of the molecule is Cc1cc(C)n(-c2cccc([C@H](CCO)CN3CC[C@@H](CCc4ccc5c(n4)NCCC5)C3)c2)n1. The van der Waals surface area contributed by atoms with Crippen LogP contribution in [-0.2, 0) is 12.8 Å². The van der Waals surface area contributed by atoms with Crippen molar-refractivity contribution in [1.29, 1.82) is 0 Å². The number of nitrogens with zero attached hydrogens (tertiary/aromatic N) is 4. The Kier molecular flexibility index (Phi) is 7.49. The molecule has 1 aromatic carbocycles. The summed E-state index contributed by atoms with van der Waals surface area (Å²) >= 11 is 0. The Labute approximate surface area is 209 Å². The minimum Gasteiger partial charge on any atom is -0.396 e. The van der Waals surface area contributed by atoms with E-state index in [-0.39, 0.29) is 6.61 Å². The molecule has 0 unspecified atom stereocenters. The highest BCUT2D eigenvalue weighted by Gasteiger charge is 2.25. The molecule has 2 aliphatic rings. The molecular weight excluding hydrogens is 434 g/mol. The smallest absolute Gasteiger partial charge is 0.129 e. The van der Waals surface area contributed by atoms with Crippen LogP contribution >= 0.6 is 0 Å². The van der Waals surface area contributed by atoms with Crippen molar-refractivity contribution in [3.63, 3.8) is 0 Å². The highest BCUT2D eigenvalue weighted by molar-refractivity contribution is 5.47. The van der Waals surface area contributed by atoms with Gasteiger partial charge in [-0.1, -0.05) is 18.2 Å². The van der Waals surface area contributed by atoms with Crippen LogP contribution in [0.1, 0.15) is 59.8 Å². The maximum absolute atomic E-state index is 9.80. The number of hydrogen-bond acceptors (Lipinski definition) is 5. The van der Waals surface area contributed by atoms with E-state index in [2.05, 4.69) is 64.7 Å². The number of likely N-dealkylation sites (tertiary alicyclic amines) is 1. The summed E-state index contributed by atoms with van der Waals surface area (Å²) in [5.41, 5.74) is 7.15. The zero-order valence-electron chi connectivity index (χ0n) is 21.2. The van der Waals surface area contributed by atoms with Crippen LogP contribution in [0.25, 0.3) is 5.69 Å². The predicted molar refractivity (Wildman–Crippen MR) is 141 cm³/mol. The molecule has 6 heteroatoms. The van der Waals surface area contributed by atoms with Crippen LogP contribution in [0, 0.1) is 19.8 Å². The molecule has 35 heavy (non-hydrogen) atoms. The second kappa shape index (κ2) is 10.9. The lowest BCUT2D eigenvalue weighted by Crippen LogP contribution is -2.27. The van der Waals surface area contributed by atoms with Crippen LogP contribution in [0.5, 0.6) is 0 Å². The average Bonchev–Trinajstić information content (AvgIpc) is 3.47. The normalized spacial score (nSPS) is 18.9. The maximum atomic E-state index is 9.80. The molecule has 1 fully saturated rings. The van der Waals surface area contributed by atoms with Gasteiger partial charge in [0.1, 0.15) is 5.82 Å². The molecule has 0 aliphatic carbocycles. The molecule has 6 nitrogen and oxygen atoms in total. The second-order valence-corrected chi connectivity index (χ2v) is 10.4. The Bertz CT molecular complexity index is 1140. The summed E-state index contributed by atoms with van der Waals surface area (Å²) in [6.45, 7) is 8.66. The predicted octanol–water partition coefficient (Wildman–Crippen LogP) is 4.66. The van der Waals surface area contributed by atoms with E-state index < -0.39 is 0 Å². The lowest BCUT2D eigenvalue weighted by atomic mass is 9.95. The van der Waals surface area contributed by atoms with Crippen LogP contribution in [0.15, 0.2) is 42.5 Å². The maximum Gasteiger partial charge on any atom is 0.129 e. The highest BCUT2D eigenvalue weighted by Crippen LogP contribution is 2.28. The third-order valence-corrected chi connectivity index (χ3v) is 7.68. The van der Waals surface area contributed by atoms with Crippen molar-refractivity contribution in [2.45, 2.75) is 58.3 Å². The van der Waals surface area contributed by atoms with Crippen molar-refractivity contribution in [2.75, 3.05) is 38.1 Å². The van der Waals surface area contributed by atoms with Gasteiger partial charge in [-0.3, -0.25) is 0 Å². The molecule has 2 atom stereocenters. The largest absolute Gasteiger partial charge is 0.396 e. The Morgan fingerprint density at radius 2 is 2.09 bits per heavy atom. The van der Waals surface area contributed by atoms with E-state index in [1.807, 2.05) is 11.6 Å². The molecule has 5 rings (SSSR count). The highest BCUT2D eigenvalue weighted by atomic mass is 16.3. The molecule has 0 bridgehead atoms. The first-order valence-electron chi connectivity index (χ1n) is 13.3. The monoisotopic (exact) mass is 473 g/mol. The molecule has 2 aliphatic heterocycles. The van der Waals surface area contributed by atoms with E-state index in [1.165, 1.54) is 36.1 Å². The number of aliphatic hydroxyl groups excluding tert-OH is 1. The first-order valence-corrected chi connectivity index (χ1v) is 13.3. The Morgan fingerprint density at radius 1 is 1.17 bits per heavy atom. The number of hydrogen-bond donors (Lipinski definition) is 2. The van der Waals surface area contributed by atoms with Gasteiger partial charge in [0.15, 0.2) is 0 Å². The summed E-state index contributed by atoms with van der Waals surface area (Å²) in [4.78, 5) is 7.49. The van der Waals surface area contributed by atoms with Gasteiger partial charge in [0.25, 0.3) is 0 Å². The summed E-state index contributed by atoms with van der Waals surface area (Å²) in [7, 11) is 0. The fourth-order valence-corrected chi connectivity index (χ4v) is 5.81. The van der Waals surface area contributed by atoms with Gasteiger partial charge in [-0.05, 0) is 106 Å². The van der Waals surface area contributed by atoms with Crippen molar-refractivity contribution < 1.29 is 5.11 Å². The summed E-state index contributed by atoms with van der Waals surface area (Å²) in [6.07, 6.45) is 6.63. The summed E-state index contributed by atoms with van der Waals surface area (Å²) in [5.74, 6) is 2.15. The number of rotatable bonds is 9. The number of aryl methyl sites for hydroxylation is 4. The molecule has 2 aromatic heterocycles. The summed E-state index contributed by atoms with van der Waals surface area (Å²) in [6, 6.07) is 15.3. The zero-order chi connectivity index (χ0) is 24.2. The fraction of sp³-hybridized carbons (Fsp3) is 0.517. The minimum absolute atomic E-state index is 0.212. The van der Waals surface area contributed by atoms with Crippen LogP contribution < -0.4 is 5.32 Å². The van der Waals surface area contributed by atoms with Crippen molar-refractivity contribution in [3.8, 4) is 5.69 Å². The van der Waals surface area contributed by atoms with E-state index in [1.54, 1.807) is 0 Å². The summed E-state index contributed by atoms with van der Waals surface area (Å²) < 4.78 is 2.02. The Balaban J connectivity index is 1.19. The Hall–Kier alpha value is -2.70. The topological polar surface area (TPSA) is 66.2 Å². The number of aromatic nitrogens is 3.